The van der Waals surface area contributed by atoms with Crippen LogP contribution in [0.25, 0.3) is 0 Å². The zero-order valence-electron chi connectivity index (χ0n) is 12.3. The zero-order chi connectivity index (χ0) is 14.3. The molecule has 1 rings (SSSR count). The maximum atomic E-state index is 12.2. The van der Waals surface area contributed by atoms with Crippen LogP contribution in [-0.4, -0.2) is 17.0 Å². The van der Waals surface area contributed by atoms with E-state index in [-0.39, 0.29) is 11.9 Å². The molecule has 106 valence electrons. The van der Waals surface area contributed by atoms with E-state index in [4.69, 9.17) is 0 Å². The van der Waals surface area contributed by atoms with Crippen LogP contribution in [0.3, 0.4) is 0 Å². The van der Waals surface area contributed by atoms with Gasteiger partial charge in [0.15, 0.2) is 5.78 Å². The lowest BCUT2D eigenvalue weighted by Crippen LogP contribution is -2.13. The van der Waals surface area contributed by atoms with Crippen molar-refractivity contribution in [2.75, 3.05) is 0 Å². The highest BCUT2D eigenvalue weighted by Gasteiger charge is 2.17. The van der Waals surface area contributed by atoms with Crippen LogP contribution in [0.5, 0.6) is 0 Å². The topological polar surface area (TPSA) is 37.3 Å². The van der Waals surface area contributed by atoms with Crippen molar-refractivity contribution in [3.63, 3.8) is 0 Å². The Morgan fingerprint density at radius 3 is 2.26 bits per heavy atom. The Hall–Kier alpha value is -1.15. The molecule has 1 aromatic rings. The van der Waals surface area contributed by atoms with Crippen molar-refractivity contribution >= 4 is 5.78 Å². The van der Waals surface area contributed by atoms with Crippen LogP contribution < -0.4 is 0 Å². The van der Waals surface area contributed by atoms with Gasteiger partial charge in [0.05, 0.1) is 6.10 Å². The van der Waals surface area contributed by atoms with Crippen LogP contribution in [-0.2, 0) is 0 Å². The zero-order valence-corrected chi connectivity index (χ0v) is 12.3. The molecule has 0 aliphatic rings. The summed E-state index contributed by atoms with van der Waals surface area (Å²) in [6.45, 7) is 6.18. The van der Waals surface area contributed by atoms with E-state index < -0.39 is 0 Å². The van der Waals surface area contributed by atoms with Crippen molar-refractivity contribution in [3.05, 3.63) is 35.9 Å². The van der Waals surface area contributed by atoms with Gasteiger partial charge in [-0.2, -0.15) is 0 Å². The van der Waals surface area contributed by atoms with Gasteiger partial charge in [-0.1, -0.05) is 44.2 Å². The predicted octanol–water partition coefficient (Wildman–Crippen LogP) is 4.08. The molecule has 0 amide bonds. The van der Waals surface area contributed by atoms with Crippen LogP contribution in [0.15, 0.2) is 30.3 Å². The maximum absolute atomic E-state index is 12.2. The average Bonchev–Trinajstić information content (AvgIpc) is 2.36. The van der Waals surface area contributed by atoms with Crippen molar-refractivity contribution in [1.82, 2.24) is 0 Å². The minimum absolute atomic E-state index is 0.219. The van der Waals surface area contributed by atoms with E-state index >= 15 is 0 Å². The molecule has 0 saturated carbocycles. The molecular weight excluding hydrogens is 236 g/mol. The number of Topliss-reactive ketones (excluding diaryl/α,β-unsaturated/α-hetero) is 1. The summed E-state index contributed by atoms with van der Waals surface area (Å²) in [4.78, 5) is 12.2. The van der Waals surface area contributed by atoms with Crippen molar-refractivity contribution in [1.29, 1.82) is 0 Å². The van der Waals surface area contributed by atoms with E-state index in [1.807, 2.05) is 37.3 Å². The van der Waals surface area contributed by atoms with Crippen LogP contribution >= 0.6 is 0 Å². The maximum Gasteiger partial charge on any atom is 0.163 e. The number of hydrogen-bond donors (Lipinski definition) is 1. The Kier molecular flexibility index (Phi) is 6.79. The SMILES string of the molecule is CC(C)CC(CCC(C)O)CC(=O)c1ccccc1. The number of hydrogen-bond acceptors (Lipinski definition) is 2. The van der Waals surface area contributed by atoms with Crippen molar-refractivity contribution in [2.24, 2.45) is 11.8 Å². The third-order valence-electron chi connectivity index (χ3n) is 3.37. The Morgan fingerprint density at radius 1 is 1.11 bits per heavy atom. The van der Waals surface area contributed by atoms with Crippen molar-refractivity contribution < 1.29 is 9.90 Å². The predicted molar refractivity (Wildman–Crippen MR) is 79.2 cm³/mol. The molecule has 0 aromatic heterocycles. The molecule has 2 heteroatoms. The second-order valence-electron chi connectivity index (χ2n) is 5.92. The number of benzene rings is 1. The van der Waals surface area contributed by atoms with E-state index in [2.05, 4.69) is 13.8 Å². The van der Waals surface area contributed by atoms with Gasteiger partial charge in [-0.25, -0.2) is 0 Å². The molecule has 19 heavy (non-hydrogen) atoms. The van der Waals surface area contributed by atoms with Crippen LogP contribution in [0.2, 0.25) is 0 Å². The smallest absolute Gasteiger partial charge is 0.163 e. The number of ketones is 1. The molecule has 2 atom stereocenters. The first-order chi connectivity index (χ1) is 8.99. The van der Waals surface area contributed by atoms with Gasteiger partial charge in [-0.3, -0.25) is 4.79 Å². The second-order valence-corrected chi connectivity index (χ2v) is 5.92. The van der Waals surface area contributed by atoms with Crippen molar-refractivity contribution in [2.45, 2.75) is 52.6 Å². The van der Waals surface area contributed by atoms with Gasteiger partial charge >= 0.3 is 0 Å². The van der Waals surface area contributed by atoms with Gasteiger partial charge in [-0.15, -0.1) is 0 Å². The first kappa shape index (κ1) is 15.9. The lowest BCUT2D eigenvalue weighted by atomic mass is 9.86. The first-order valence-electron chi connectivity index (χ1n) is 7.25. The summed E-state index contributed by atoms with van der Waals surface area (Å²) < 4.78 is 0. The lowest BCUT2D eigenvalue weighted by Gasteiger charge is -2.19. The van der Waals surface area contributed by atoms with Crippen LogP contribution in [0.1, 0.15) is 56.8 Å². The Morgan fingerprint density at radius 2 is 1.74 bits per heavy atom. The highest BCUT2D eigenvalue weighted by molar-refractivity contribution is 5.96. The molecule has 0 bridgehead atoms. The van der Waals surface area contributed by atoms with E-state index in [1.165, 1.54) is 0 Å². The fourth-order valence-electron chi connectivity index (χ4n) is 2.45. The van der Waals surface area contributed by atoms with Gasteiger partial charge in [0.1, 0.15) is 0 Å². The summed E-state index contributed by atoms with van der Waals surface area (Å²) in [6, 6.07) is 9.49. The second kappa shape index (κ2) is 8.11. The minimum Gasteiger partial charge on any atom is -0.393 e. The normalized spacial score (nSPS) is 14.4. The van der Waals surface area contributed by atoms with Crippen LogP contribution in [0.4, 0.5) is 0 Å². The largest absolute Gasteiger partial charge is 0.393 e. The highest BCUT2D eigenvalue weighted by atomic mass is 16.3. The van der Waals surface area contributed by atoms with Gasteiger partial charge in [0.2, 0.25) is 0 Å². The molecule has 0 aliphatic carbocycles. The van der Waals surface area contributed by atoms with Crippen molar-refractivity contribution in [3.8, 4) is 0 Å². The van der Waals surface area contributed by atoms with Gasteiger partial charge in [0, 0.05) is 12.0 Å². The Labute approximate surface area is 116 Å². The molecule has 0 spiro atoms. The molecule has 2 nitrogen and oxygen atoms in total. The van der Waals surface area contributed by atoms with Crippen LogP contribution in [0, 0.1) is 11.8 Å². The molecular formula is C17H26O2. The third kappa shape index (κ3) is 6.53. The molecule has 2 unspecified atom stereocenters. The number of carbonyl (C=O) groups is 1. The summed E-state index contributed by atoms with van der Waals surface area (Å²) >= 11 is 0. The molecule has 0 radical (unpaired) electrons. The fourth-order valence-corrected chi connectivity index (χ4v) is 2.45. The summed E-state index contributed by atoms with van der Waals surface area (Å²) in [5.74, 6) is 1.18. The number of aliphatic hydroxyl groups is 1. The Bertz CT molecular complexity index is 368. The molecule has 1 aromatic carbocycles. The minimum atomic E-state index is -0.276. The number of carbonyl (C=O) groups excluding carboxylic acids is 1. The number of rotatable bonds is 8. The average molecular weight is 262 g/mol. The van der Waals surface area contributed by atoms with E-state index in [9.17, 15) is 9.90 Å². The summed E-state index contributed by atoms with van der Waals surface area (Å²) in [7, 11) is 0. The summed E-state index contributed by atoms with van der Waals surface area (Å²) in [5, 5.41) is 9.40. The van der Waals surface area contributed by atoms with E-state index in [1.54, 1.807) is 0 Å². The first-order valence-corrected chi connectivity index (χ1v) is 7.25. The third-order valence-corrected chi connectivity index (χ3v) is 3.37. The molecule has 0 fully saturated rings. The summed E-state index contributed by atoms with van der Waals surface area (Å²) in [5.41, 5.74) is 0.799. The lowest BCUT2D eigenvalue weighted by molar-refractivity contribution is 0.0943. The van der Waals surface area contributed by atoms with E-state index in [0.717, 1.165) is 24.8 Å². The van der Waals surface area contributed by atoms with Gasteiger partial charge in [-0.05, 0) is 38.0 Å². The standard InChI is InChI=1S/C17H26O2/c1-13(2)11-15(10-9-14(3)18)12-17(19)16-7-5-4-6-8-16/h4-8,13-15,18H,9-12H2,1-3H3. The fraction of sp³-hybridized carbons (Fsp3) is 0.588. The molecule has 0 aliphatic heterocycles. The van der Waals surface area contributed by atoms with E-state index in [0.29, 0.717) is 18.3 Å². The van der Waals surface area contributed by atoms with Gasteiger partial charge in [0.25, 0.3) is 0 Å². The monoisotopic (exact) mass is 262 g/mol. The molecule has 1 N–H and O–H groups in total. The number of aliphatic hydroxyl groups excluding tert-OH is 1. The quantitative estimate of drug-likeness (QED) is 0.717. The summed E-state index contributed by atoms with van der Waals surface area (Å²) in [6.07, 6.45) is 3.06. The van der Waals surface area contributed by atoms with Gasteiger partial charge < -0.3 is 5.11 Å². The molecule has 0 saturated heterocycles. The Balaban J connectivity index is 2.58. The highest BCUT2D eigenvalue weighted by Crippen LogP contribution is 2.23. The molecule has 0 heterocycles.